The summed E-state index contributed by atoms with van der Waals surface area (Å²) in [6, 6.07) is 25.8. The Morgan fingerprint density at radius 1 is 0.907 bits per heavy atom. The number of benzene rings is 4. The summed E-state index contributed by atoms with van der Waals surface area (Å²) in [6.45, 7) is -0.770. The van der Waals surface area contributed by atoms with E-state index in [-0.39, 0.29) is 34.3 Å². The topological polar surface area (TPSA) is 96.0 Å². The normalized spacial score (nSPS) is 11.8. The van der Waals surface area contributed by atoms with Crippen molar-refractivity contribution < 1.29 is 27.1 Å². The fraction of sp³-hybridized carbons (Fsp3) is 0.188. The molecule has 0 saturated carbocycles. The van der Waals surface area contributed by atoms with E-state index in [0.717, 1.165) is 9.87 Å². The summed E-state index contributed by atoms with van der Waals surface area (Å²) in [4.78, 5) is 28.9. The van der Waals surface area contributed by atoms with Gasteiger partial charge in [0.25, 0.3) is 10.0 Å². The molecule has 0 bridgehead atoms. The maximum atomic E-state index is 14.3. The highest BCUT2D eigenvalue weighted by molar-refractivity contribution is 7.92. The number of carbonyl (C=O) groups is 2. The maximum Gasteiger partial charge on any atom is 0.264 e. The minimum absolute atomic E-state index is 0.0495. The lowest BCUT2D eigenvalue weighted by Gasteiger charge is -2.34. The first-order chi connectivity index (χ1) is 20.6. The first-order valence-electron chi connectivity index (χ1n) is 13.3. The summed E-state index contributed by atoms with van der Waals surface area (Å²) in [7, 11) is -1.48. The van der Waals surface area contributed by atoms with Crippen LogP contribution < -0.4 is 14.4 Å². The van der Waals surface area contributed by atoms with Crippen LogP contribution in [-0.2, 0) is 32.6 Å². The molecule has 43 heavy (non-hydrogen) atoms. The number of amides is 2. The Balaban J connectivity index is 1.82. The number of carbonyl (C=O) groups excluding carboxylic acids is 2. The second kappa shape index (κ2) is 14.2. The van der Waals surface area contributed by atoms with Gasteiger partial charge in [0.15, 0.2) is 0 Å². The van der Waals surface area contributed by atoms with E-state index in [1.165, 1.54) is 67.6 Å². The van der Waals surface area contributed by atoms with Crippen molar-refractivity contribution in [3.8, 4) is 5.75 Å². The molecule has 4 rings (SSSR count). The summed E-state index contributed by atoms with van der Waals surface area (Å²) < 4.78 is 48.2. The molecule has 2 amide bonds. The minimum Gasteiger partial charge on any atom is -0.495 e. The van der Waals surface area contributed by atoms with E-state index in [0.29, 0.717) is 5.56 Å². The van der Waals surface area contributed by atoms with E-state index in [4.69, 9.17) is 16.3 Å². The first-order valence-corrected chi connectivity index (χ1v) is 15.2. The van der Waals surface area contributed by atoms with E-state index in [2.05, 4.69) is 5.32 Å². The van der Waals surface area contributed by atoms with Gasteiger partial charge in [-0.25, -0.2) is 12.8 Å². The average Bonchev–Trinajstić information content (AvgIpc) is 3.02. The van der Waals surface area contributed by atoms with Crippen LogP contribution in [0.1, 0.15) is 11.1 Å². The minimum atomic E-state index is -4.32. The van der Waals surface area contributed by atoms with Crippen LogP contribution in [0.5, 0.6) is 5.75 Å². The second-order valence-electron chi connectivity index (χ2n) is 9.61. The molecule has 1 unspecified atom stereocenters. The van der Waals surface area contributed by atoms with E-state index >= 15 is 0 Å². The van der Waals surface area contributed by atoms with Crippen LogP contribution in [0.2, 0.25) is 5.02 Å². The average molecular weight is 624 g/mol. The van der Waals surface area contributed by atoms with Gasteiger partial charge in [-0.3, -0.25) is 13.9 Å². The summed E-state index contributed by atoms with van der Waals surface area (Å²) in [5.41, 5.74) is 1.39. The van der Waals surface area contributed by atoms with Crippen molar-refractivity contribution in [2.45, 2.75) is 23.9 Å². The molecule has 0 spiro atoms. The summed E-state index contributed by atoms with van der Waals surface area (Å²) in [5.74, 6) is -1.40. The molecule has 0 fully saturated rings. The van der Waals surface area contributed by atoms with Crippen LogP contribution in [0.3, 0.4) is 0 Å². The molecule has 11 heteroatoms. The number of hydrogen-bond acceptors (Lipinski definition) is 5. The first kappa shape index (κ1) is 31.5. The van der Waals surface area contributed by atoms with Crippen LogP contribution in [0.25, 0.3) is 0 Å². The number of methoxy groups -OCH3 is 1. The number of sulfonamides is 1. The van der Waals surface area contributed by atoms with Crippen LogP contribution >= 0.6 is 11.6 Å². The molecule has 8 nitrogen and oxygen atoms in total. The third-order valence-electron chi connectivity index (χ3n) is 6.80. The molecule has 0 aliphatic carbocycles. The highest BCUT2D eigenvalue weighted by Gasteiger charge is 2.35. The summed E-state index contributed by atoms with van der Waals surface area (Å²) >= 11 is 6.28. The van der Waals surface area contributed by atoms with Crippen LogP contribution in [-0.4, -0.2) is 51.9 Å². The van der Waals surface area contributed by atoms with Gasteiger partial charge in [0.05, 0.1) is 17.7 Å². The molecule has 0 radical (unpaired) electrons. The smallest absolute Gasteiger partial charge is 0.264 e. The van der Waals surface area contributed by atoms with Gasteiger partial charge in [0.2, 0.25) is 11.8 Å². The predicted octanol–water partition coefficient (Wildman–Crippen LogP) is 5.07. The lowest BCUT2D eigenvalue weighted by atomic mass is 10.0. The fourth-order valence-electron chi connectivity index (χ4n) is 4.60. The molecule has 4 aromatic rings. The second-order valence-corrected chi connectivity index (χ2v) is 11.9. The van der Waals surface area contributed by atoms with Crippen LogP contribution in [0.4, 0.5) is 10.1 Å². The molecular formula is C32H31ClFN3O5S. The van der Waals surface area contributed by atoms with Crippen molar-refractivity contribution in [2.75, 3.05) is 25.0 Å². The number of halogens is 2. The van der Waals surface area contributed by atoms with Gasteiger partial charge in [-0.15, -0.1) is 0 Å². The van der Waals surface area contributed by atoms with Crippen molar-refractivity contribution in [2.24, 2.45) is 0 Å². The Morgan fingerprint density at radius 3 is 2.14 bits per heavy atom. The maximum absolute atomic E-state index is 14.3. The molecule has 1 N–H and O–H groups in total. The zero-order valence-corrected chi connectivity index (χ0v) is 25.2. The Hall–Kier alpha value is -4.41. The summed E-state index contributed by atoms with van der Waals surface area (Å²) in [5, 5.41) is 2.85. The Bertz CT molecular complexity index is 1660. The number of likely N-dealkylation sites (N-methyl/N-ethyl adjacent to an activating group) is 1. The van der Waals surface area contributed by atoms with Crippen molar-refractivity contribution in [1.29, 1.82) is 0 Å². The van der Waals surface area contributed by atoms with Gasteiger partial charge in [-0.2, -0.15) is 0 Å². The van der Waals surface area contributed by atoms with Crippen molar-refractivity contribution in [1.82, 2.24) is 10.2 Å². The van der Waals surface area contributed by atoms with E-state index in [1.807, 2.05) is 30.3 Å². The van der Waals surface area contributed by atoms with Gasteiger partial charge >= 0.3 is 0 Å². The quantitative estimate of drug-likeness (QED) is 0.238. The highest BCUT2D eigenvalue weighted by atomic mass is 35.5. The number of nitrogens with zero attached hydrogens (tertiary/aromatic N) is 2. The zero-order chi connectivity index (χ0) is 31.0. The number of anilines is 1. The number of ether oxygens (including phenoxy) is 1. The third-order valence-corrected chi connectivity index (χ3v) is 8.81. The Morgan fingerprint density at radius 2 is 1.53 bits per heavy atom. The van der Waals surface area contributed by atoms with Gasteiger partial charge in [0.1, 0.15) is 24.2 Å². The molecular weight excluding hydrogens is 593 g/mol. The molecule has 1 atom stereocenters. The molecule has 0 aromatic heterocycles. The van der Waals surface area contributed by atoms with Gasteiger partial charge in [-0.05, 0) is 53.6 Å². The Kier molecular flexibility index (Phi) is 10.4. The van der Waals surface area contributed by atoms with Gasteiger partial charge in [-0.1, -0.05) is 72.3 Å². The van der Waals surface area contributed by atoms with Crippen molar-refractivity contribution >= 4 is 39.1 Å². The summed E-state index contributed by atoms with van der Waals surface area (Å²) in [6.07, 6.45) is 0.152. The lowest BCUT2D eigenvalue weighted by molar-refractivity contribution is -0.139. The third kappa shape index (κ3) is 7.71. The molecule has 4 aromatic carbocycles. The standard InChI is InChI=1S/C32H31ClFN3O5S/c1-35-32(39)29(19-23-9-5-3-6-10-23)36(21-24-13-16-26(34)17-14-24)31(38)22-37(28-20-25(33)15-18-30(28)42-2)43(40,41)27-11-7-4-8-12-27/h3-18,20,29H,19,21-22H2,1-2H3,(H,35,39). The largest absolute Gasteiger partial charge is 0.495 e. The molecule has 0 aliphatic heterocycles. The highest BCUT2D eigenvalue weighted by Crippen LogP contribution is 2.35. The molecule has 224 valence electrons. The fourth-order valence-corrected chi connectivity index (χ4v) is 6.20. The number of hydrogen-bond donors (Lipinski definition) is 1. The number of nitrogens with one attached hydrogen (secondary N) is 1. The SMILES string of the molecule is CNC(=O)C(Cc1ccccc1)N(Cc1ccc(F)cc1)C(=O)CN(c1cc(Cl)ccc1OC)S(=O)(=O)c1ccccc1. The molecule has 0 saturated heterocycles. The van der Waals surface area contributed by atoms with Gasteiger partial charge in [0, 0.05) is 25.0 Å². The van der Waals surface area contributed by atoms with E-state index < -0.39 is 40.2 Å². The van der Waals surface area contributed by atoms with E-state index in [9.17, 15) is 22.4 Å². The van der Waals surface area contributed by atoms with Crippen LogP contribution in [0, 0.1) is 5.82 Å². The molecule has 0 aliphatic rings. The number of rotatable bonds is 12. The van der Waals surface area contributed by atoms with Crippen molar-refractivity contribution in [3.63, 3.8) is 0 Å². The van der Waals surface area contributed by atoms with Crippen LogP contribution in [0.15, 0.2) is 108 Å². The van der Waals surface area contributed by atoms with Crippen molar-refractivity contribution in [3.05, 3.63) is 125 Å². The van der Waals surface area contributed by atoms with E-state index in [1.54, 1.807) is 24.3 Å². The predicted molar refractivity (Wildman–Crippen MR) is 164 cm³/mol. The Labute approximate surface area is 255 Å². The monoisotopic (exact) mass is 623 g/mol. The molecule has 0 heterocycles. The zero-order valence-electron chi connectivity index (χ0n) is 23.6. The lowest BCUT2D eigenvalue weighted by Crippen LogP contribution is -2.53. The van der Waals surface area contributed by atoms with Gasteiger partial charge < -0.3 is 15.0 Å².